The molecule has 1 amide bonds. The van der Waals surface area contributed by atoms with E-state index in [2.05, 4.69) is 17.0 Å². The largest absolute Gasteiger partial charge is 0.330 e. The maximum atomic E-state index is 12.9. The van der Waals surface area contributed by atoms with Crippen LogP contribution in [0, 0.1) is 0 Å². The second-order valence-corrected chi connectivity index (χ2v) is 9.35. The number of anilines is 1. The Morgan fingerprint density at radius 3 is 2.59 bits per heavy atom. The molecule has 0 saturated heterocycles. The molecule has 34 heavy (non-hydrogen) atoms. The summed E-state index contributed by atoms with van der Waals surface area (Å²) < 4.78 is 5.74. The predicted molar refractivity (Wildman–Crippen MR) is 133 cm³/mol. The SMILES string of the molecule is CCn1cnc(Cl)c1-c1ccc(CN2C(=O)CCn3nc(-c4c(Cl)cnn4C(C)C)cc32)cc1. The second kappa shape index (κ2) is 8.92. The normalized spacial score (nSPS) is 13.7. The van der Waals surface area contributed by atoms with Gasteiger partial charge in [-0.05, 0) is 26.3 Å². The molecule has 10 heteroatoms. The van der Waals surface area contributed by atoms with Gasteiger partial charge in [-0.1, -0.05) is 47.5 Å². The highest BCUT2D eigenvalue weighted by Crippen LogP contribution is 2.34. The van der Waals surface area contributed by atoms with Crippen molar-refractivity contribution >= 4 is 34.9 Å². The summed E-state index contributed by atoms with van der Waals surface area (Å²) in [5, 5.41) is 10.2. The van der Waals surface area contributed by atoms with Crippen molar-refractivity contribution in [2.45, 2.75) is 52.9 Å². The molecule has 0 saturated carbocycles. The zero-order valence-corrected chi connectivity index (χ0v) is 20.8. The lowest BCUT2D eigenvalue weighted by atomic mass is 10.1. The van der Waals surface area contributed by atoms with E-state index in [4.69, 9.17) is 28.3 Å². The maximum Gasteiger partial charge on any atom is 0.230 e. The van der Waals surface area contributed by atoms with Crippen LogP contribution in [0.1, 0.15) is 38.8 Å². The van der Waals surface area contributed by atoms with Crippen molar-refractivity contribution in [1.29, 1.82) is 0 Å². The average molecular weight is 498 g/mol. The summed E-state index contributed by atoms with van der Waals surface area (Å²) in [4.78, 5) is 18.9. The fraction of sp³-hybridized carbons (Fsp3) is 0.333. The molecular weight excluding hydrogens is 473 g/mol. The molecule has 0 bridgehead atoms. The molecule has 5 rings (SSSR count). The van der Waals surface area contributed by atoms with Gasteiger partial charge in [-0.3, -0.25) is 14.4 Å². The van der Waals surface area contributed by atoms with Gasteiger partial charge in [0.25, 0.3) is 0 Å². The van der Waals surface area contributed by atoms with Crippen LogP contribution in [0.25, 0.3) is 22.6 Å². The van der Waals surface area contributed by atoms with Gasteiger partial charge in [0.05, 0.1) is 36.3 Å². The Kier molecular flexibility index (Phi) is 5.95. The van der Waals surface area contributed by atoms with E-state index in [0.29, 0.717) is 35.4 Å². The highest BCUT2D eigenvalue weighted by molar-refractivity contribution is 6.33. The maximum absolute atomic E-state index is 12.9. The molecule has 0 radical (unpaired) electrons. The van der Waals surface area contributed by atoms with Crippen LogP contribution < -0.4 is 4.90 Å². The minimum absolute atomic E-state index is 0.0681. The molecule has 0 spiro atoms. The van der Waals surface area contributed by atoms with E-state index < -0.39 is 0 Å². The number of carbonyl (C=O) groups is 1. The summed E-state index contributed by atoms with van der Waals surface area (Å²) in [6, 6.07) is 10.1. The quantitative estimate of drug-likeness (QED) is 0.354. The number of hydrogen-bond donors (Lipinski definition) is 0. The Bertz CT molecular complexity index is 1350. The molecule has 3 aromatic heterocycles. The lowest BCUT2D eigenvalue weighted by Gasteiger charge is -2.27. The van der Waals surface area contributed by atoms with Crippen molar-refractivity contribution in [3.05, 3.63) is 58.6 Å². The third-order valence-corrected chi connectivity index (χ3v) is 6.61. The summed E-state index contributed by atoms with van der Waals surface area (Å²) in [6.45, 7) is 7.91. The van der Waals surface area contributed by atoms with Crippen LogP contribution >= 0.6 is 23.2 Å². The molecule has 0 fully saturated rings. The van der Waals surface area contributed by atoms with Gasteiger partial charge in [0.1, 0.15) is 17.2 Å². The minimum Gasteiger partial charge on any atom is -0.330 e. The smallest absolute Gasteiger partial charge is 0.230 e. The van der Waals surface area contributed by atoms with Crippen LogP contribution in [-0.4, -0.2) is 35.0 Å². The number of carbonyl (C=O) groups excluding carboxylic acids is 1. The molecule has 0 unspecified atom stereocenters. The first-order chi connectivity index (χ1) is 16.4. The van der Waals surface area contributed by atoms with Crippen LogP contribution in [0.3, 0.4) is 0 Å². The second-order valence-electron chi connectivity index (χ2n) is 8.59. The van der Waals surface area contributed by atoms with Crippen LogP contribution in [-0.2, 0) is 24.4 Å². The van der Waals surface area contributed by atoms with E-state index in [9.17, 15) is 4.79 Å². The van der Waals surface area contributed by atoms with Crippen LogP contribution in [0.15, 0.2) is 42.9 Å². The van der Waals surface area contributed by atoms with Crippen LogP contribution in [0.2, 0.25) is 10.2 Å². The molecule has 4 aromatic rings. The number of fused-ring (bicyclic) bond motifs is 1. The van der Waals surface area contributed by atoms with Gasteiger partial charge in [-0.25, -0.2) is 9.67 Å². The lowest BCUT2D eigenvalue weighted by Crippen LogP contribution is -2.36. The van der Waals surface area contributed by atoms with E-state index in [0.717, 1.165) is 34.9 Å². The number of aromatic nitrogens is 6. The fourth-order valence-corrected chi connectivity index (χ4v) is 4.83. The van der Waals surface area contributed by atoms with Gasteiger partial charge in [-0.2, -0.15) is 10.2 Å². The van der Waals surface area contributed by atoms with Crippen molar-refractivity contribution in [3.8, 4) is 22.6 Å². The van der Waals surface area contributed by atoms with Crippen molar-refractivity contribution in [1.82, 2.24) is 29.1 Å². The number of hydrogen-bond acceptors (Lipinski definition) is 4. The lowest BCUT2D eigenvalue weighted by molar-refractivity contribution is -0.119. The van der Waals surface area contributed by atoms with Crippen LogP contribution in [0.5, 0.6) is 0 Å². The highest BCUT2D eigenvalue weighted by atomic mass is 35.5. The van der Waals surface area contributed by atoms with Gasteiger partial charge < -0.3 is 4.57 Å². The Morgan fingerprint density at radius 2 is 1.88 bits per heavy atom. The van der Waals surface area contributed by atoms with E-state index in [1.54, 1.807) is 17.4 Å². The Labute approximate surface area is 207 Å². The van der Waals surface area contributed by atoms with Crippen LogP contribution in [0.4, 0.5) is 5.82 Å². The first-order valence-corrected chi connectivity index (χ1v) is 12.0. The van der Waals surface area contributed by atoms with Gasteiger partial charge in [-0.15, -0.1) is 0 Å². The zero-order chi connectivity index (χ0) is 24.0. The third-order valence-electron chi connectivity index (χ3n) is 6.06. The summed E-state index contributed by atoms with van der Waals surface area (Å²) >= 11 is 12.7. The number of imidazole rings is 1. The molecule has 1 aliphatic heterocycles. The van der Waals surface area contributed by atoms with Crippen molar-refractivity contribution in [2.75, 3.05) is 4.90 Å². The molecule has 1 aromatic carbocycles. The molecule has 0 atom stereocenters. The molecule has 4 heterocycles. The fourth-order valence-electron chi connectivity index (χ4n) is 4.34. The average Bonchev–Trinajstić information content (AvgIpc) is 3.52. The van der Waals surface area contributed by atoms with Gasteiger partial charge in [0, 0.05) is 30.6 Å². The number of amides is 1. The van der Waals surface area contributed by atoms with Gasteiger partial charge >= 0.3 is 0 Å². The number of aryl methyl sites for hydroxylation is 2. The van der Waals surface area contributed by atoms with Gasteiger partial charge in [0.2, 0.25) is 5.91 Å². The monoisotopic (exact) mass is 497 g/mol. The molecule has 0 N–H and O–H groups in total. The Balaban J connectivity index is 1.45. The topological polar surface area (TPSA) is 73.8 Å². The molecule has 0 aliphatic carbocycles. The highest BCUT2D eigenvalue weighted by Gasteiger charge is 2.28. The van der Waals surface area contributed by atoms with E-state index >= 15 is 0 Å². The first-order valence-electron chi connectivity index (χ1n) is 11.3. The van der Waals surface area contributed by atoms with Crippen molar-refractivity contribution in [2.24, 2.45) is 0 Å². The number of halogens is 2. The summed E-state index contributed by atoms with van der Waals surface area (Å²) in [5.74, 6) is 0.827. The van der Waals surface area contributed by atoms with E-state index in [-0.39, 0.29) is 11.9 Å². The Morgan fingerprint density at radius 1 is 1.12 bits per heavy atom. The summed E-state index contributed by atoms with van der Waals surface area (Å²) in [6.07, 6.45) is 3.78. The summed E-state index contributed by atoms with van der Waals surface area (Å²) in [5.41, 5.74) is 4.37. The first kappa shape index (κ1) is 22.7. The van der Waals surface area contributed by atoms with Crippen molar-refractivity contribution in [3.63, 3.8) is 0 Å². The van der Waals surface area contributed by atoms with E-state index in [1.807, 2.05) is 58.1 Å². The number of nitrogens with zero attached hydrogens (tertiary/aromatic N) is 7. The number of benzene rings is 1. The molecule has 8 nitrogen and oxygen atoms in total. The standard InChI is InChI=1S/C24H25Cl2N7O/c1-4-30-14-27-24(26)22(30)17-7-5-16(6-8-17)13-31-20-11-19(29-32(20)10-9-21(31)34)23-18(25)12-28-33(23)15(2)3/h5-8,11-12,14-15H,4,9-10,13H2,1-3H3. The van der Waals surface area contributed by atoms with E-state index in [1.165, 1.54) is 0 Å². The van der Waals surface area contributed by atoms with Gasteiger partial charge in [0.15, 0.2) is 5.15 Å². The van der Waals surface area contributed by atoms with Crippen molar-refractivity contribution < 1.29 is 4.79 Å². The minimum atomic E-state index is 0.0681. The summed E-state index contributed by atoms with van der Waals surface area (Å²) in [7, 11) is 0. The molecular formula is C24H25Cl2N7O. The Hall–Kier alpha value is -3.10. The third kappa shape index (κ3) is 3.91. The zero-order valence-electron chi connectivity index (χ0n) is 19.2. The number of rotatable bonds is 6. The molecule has 1 aliphatic rings. The predicted octanol–water partition coefficient (Wildman–Crippen LogP) is 5.45. The molecule has 176 valence electrons.